The fourth-order valence-electron chi connectivity index (χ4n) is 4.22. The van der Waals surface area contributed by atoms with Crippen LogP contribution in [0.15, 0.2) is 29.2 Å². The van der Waals surface area contributed by atoms with Gasteiger partial charge in [-0.3, -0.25) is 0 Å². The van der Waals surface area contributed by atoms with E-state index in [1.165, 1.54) is 125 Å². The summed E-state index contributed by atoms with van der Waals surface area (Å²) in [6.07, 6.45) is 16.8. The highest BCUT2D eigenvalue weighted by molar-refractivity contribution is 9.09. The number of quaternary nitrogens is 1. The first-order valence-electron chi connectivity index (χ1n) is 13.2. The van der Waals surface area contributed by atoms with Gasteiger partial charge in [-0.1, -0.05) is 86.5 Å². The number of hydrogen-bond acceptors (Lipinski definition) is 3. The monoisotopic (exact) mass is 547 g/mol. The van der Waals surface area contributed by atoms with Crippen LogP contribution >= 0.6 is 15.9 Å². The average Bonchev–Trinajstić information content (AvgIpc) is 2.78. The molecule has 0 fully saturated rings. The van der Waals surface area contributed by atoms with Gasteiger partial charge >= 0.3 is 0 Å². The van der Waals surface area contributed by atoms with E-state index in [0.717, 1.165) is 5.56 Å². The second-order valence-electron chi connectivity index (χ2n) is 9.37. The van der Waals surface area contributed by atoms with Crippen LogP contribution in [0, 0.1) is 6.92 Å². The molecule has 0 heterocycles. The molecule has 0 saturated carbocycles. The van der Waals surface area contributed by atoms with Gasteiger partial charge in [0.1, 0.15) is 10.1 Å². The Balaban J connectivity index is 0.000000771. The molecule has 1 rings (SSSR count). The summed E-state index contributed by atoms with van der Waals surface area (Å²) in [4.78, 5) is -0.178. The maximum atomic E-state index is 10.4. The fourth-order valence-corrected chi connectivity index (χ4v) is 4.94. The number of hydrogen-bond donors (Lipinski definition) is 0. The molecule has 0 spiro atoms. The predicted molar refractivity (Wildman–Crippen MR) is 145 cm³/mol. The summed E-state index contributed by atoms with van der Waals surface area (Å²) in [7, 11) is -4.27. The molecule has 1 aromatic carbocycles. The van der Waals surface area contributed by atoms with Crippen molar-refractivity contribution in [3.63, 3.8) is 0 Å². The average molecular weight is 549 g/mol. The zero-order valence-electron chi connectivity index (χ0n) is 21.8. The van der Waals surface area contributed by atoms with Crippen LogP contribution in [0.25, 0.3) is 0 Å². The maximum absolute atomic E-state index is 10.4. The summed E-state index contributed by atoms with van der Waals surface area (Å²) in [5, 5.41) is 1.17. The van der Waals surface area contributed by atoms with Crippen LogP contribution in [0.5, 0.6) is 0 Å². The first-order chi connectivity index (χ1) is 15.7. The van der Waals surface area contributed by atoms with E-state index in [-0.39, 0.29) is 4.90 Å². The molecule has 0 amide bonds. The van der Waals surface area contributed by atoms with E-state index >= 15 is 0 Å². The van der Waals surface area contributed by atoms with Gasteiger partial charge in [0.15, 0.2) is 0 Å². The van der Waals surface area contributed by atoms with Gasteiger partial charge < -0.3 is 9.04 Å². The van der Waals surface area contributed by atoms with E-state index in [1.54, 1.807) is 12.1 Å². The van der Waals surface area contributed by atoms with E-state index < -0.39 is 10.1 Å². The predicted octanol–water partition coefficient (Wildman–Crippen LogP) is 7.84. The van der Waals surface area contributed by atoms with Gasteiger partial charge in [0, 0.05) is 11.8 Å². The number of benzene rings is 1. The van der Waals surface area contributed by atoms with Gasteiger partial charge in [-0.05, 0) is 57.6 Å². The quantitative estimate of drug-likeness (QED) is 0.0813. The molecule has 0 aliphatic rings. The van der Waals surface area contributed by atoms with Crippen molar-refractivity contribution in [2.24, 2.45) is 0 Å². The third-order valence-corrected chi connectivity index (χ3v) is 7.69. The van der Waals surface area contributed by atoms with Gasteiger partial charge in [-0.2, -0.15) is 0 Å². The van der Waals surface area contributed by atoms with Crippen molar-refractivity contribution in [2.75, 3.05) is 31.5 Å². The Morgan fingerprint density at radius 3 is 1.48 bits per heavy atom. The number of unbranched alkanes of at least 4 members (excludes halogenated alkanes) is 8. The number of alkyl halides is 1. The molecule has 0 saturated heterocycles. The van der Waals surface area contributed by atoms with Crippen molar-refractivity contribution >= 4 is 26.0 Å². The molecule has 6 heteroatoms. The summed E-state index contributed by atoms with van der Waals surface area (Å²) >= 11 is 3.66. The van der Waals surface area contributed by atoms with Gasteiger partial charge in [0.05, 0.1) is 31.1 Å². The fraction of sp³-hybridized carbons (Fsp3) is 0.778. The lowest BCUT2D eigenvalue weighted by Gasteiger charge is -2.39. The summed E-state index contributed by atoms with van der Waals surface area (Å²) in [6.45, 7) is 14.5. The standard InChI is InChI=1S/C20H43BrN.C7H8O3S/c1-4-7-10-13-18-22(20-15-16-21,17-12-9-6-3)19-14-11-8-5-2;1-6-2-4-7(5-3-6)11(8,9)10/h4-20H2,1-3H3;2-5H,1H3,(H,8,9,10)/q+1;/p-1. The molecule has 0 bridgehead atoms. The Morgan fingerprint density at radius 2 is 1.09 bits per heavy atom. The van der Waals surface area contributed by atoms with Crippen molar-refractivity contribution in [2.45, 2.75) is 110 Å². The summed E-state index contributed by atoms with van der Waals surface area (Å²) in [5.41, 5.74) is 0.928. The Labute approximate surface area is 214 Å². The van der Waals surface area contributed by atoms with Crippen molar-refractivity contribution in [1.29, 1.82) is 0 Å². The minimum Gasteiger partial charge on any atom is -0.744 e. The molecule has 0 aliphatic heterocycles. The molecule has 1 aromatic rings. The van der Waals surface area contributed by atoms with Crippen LogP contribution in [0.4, 0.5) is 0 Å². The Bertz CT molecular complexity index is 665. The summed E-state index contributed by atoms with van der Waals surface area (Å²) in [6, 6.07) is 5.78. The number of aryl methyl sites for hydroxylation is 1. The van der Waals surface area contributed by atoms with Crippen molar-refractivity contribution < 1.29 is 17.5 Å². The molecule has 33 heavy (non-hydrogen) atoms. The number of nitrogens with zero attached hydrogens (tertiary/aromatic N) is 1. The van der Waals surface area contributed by atoms with Crippen LogP contribution in [-0.4, -0.2) is 49.0 Å². The van der Waals surface area contributed by atoms with Crippen LogP contribution in [-0.2, 0) is 10.1 Å². The van der Waals surface area contributed by atoms with Gasteiger partial charge in [0.2, 0.25) is 0 Å². The molecular weight excluding hydrogens is 498 g/mol. The summed E-state index contributed by atoms with van der Waals surface area (Å²) < 4.78 is 32.6. The molecule has 0 aliphatic carbocycles. The Kier molecular flexibility index (Phi) is 19.6. The largest absolute Gasteiger partial charge is 0.744 e. The highest BCUT2D eigenvalue weighted by atomic mass is 79.9. The highest BCUT2D eigenvalue weighted by Crippen LogP contribution is 2.18. The van der Waals surface area contributed by atoms with E-state index in [9.17, 15) is 13.0 Å². The smallest absolute Gasteiger partial charge is 0.124 e. The first kappa shape index (κ1) is 32.6. The van der Waals surface area contributed by atoms with E-state index in [4.69, 9.17) is 0 Å². The molecule has 0 aromatic heterocycles. The van der Waals surface area contributed by atoms with E-state index in [1.807, 2.05) is 6.92 Å². The van der Waals surface area contributed by atoms with Gasteiger partial charge in [-0.15, -0.1) is 0 Å². The number of rotatable bonds is 18. The molecule has 0 unspecified atom stereocenters. The van der Waals surface area contributed by atoms with Crippen LogP contribution in [0.2, 0.25) is 0 Å². The normalized spacial score (nSPS) is 11.8. The lowest BCUT2D eigenvalue weighted by Crippen LogP contribution is -2.51. The molecule has 0 radical (unpaired) electrons. The van der Waals surface area contributed by atoms with Crippen LogP contribution in [0.1, 0.15) is 103 Å². The van der Waals surface area contributed by atoms with Crippen molar-refractivity contribution in [3.05, 3.63) is 29.8 Å². The lowest BCUT2D eigenvalue weighted by molar-refractivity contribution is -0.928. The number of halogens is 1. The van der Waals surface area contributed by atoms with E-state index in [0.29, 0.717) is 0 Å². The van der Waals surface area contributed by atoms with Crippen molar-refractivity contribution in [1.82, 2.24) is 0 Å². The SMILES string of the molecule is CCCCCC[N+](CCCBr)(CCCCC)CCCCCC.Cc1ccc(S(=O)(=O)[O-])cc1. The zero-order valence-corrected chi connectivity index (χ0v) is 24.2. The second kappa shape index (κ2) is 19.8. The van der Waals surface area contributed by atoms with E-state index in [2.05, 4.69) is 36.7 Å². The van der Waals surface area contributed by atoms with Crippen LogP contribution < -0.4 is 0 Å². The summed E-state index contributed by atoms with van der Waals surface area (Å²) in [5.74, 6) is 0. The van der Waals surface area contributed by atoms with Crippen molar-refractivity contribution in [3.8, 4) is 0 Å². The Morgan fingerprint density at radius 1 is 0.697 bits per heavy atom. The molecular formula is C27H50BrNO3S. The van der Waals surface area contributed by atoms with Gasteiger partial charge in [-0.25, -0.2) is 8.42 Å². The maximum Gasteiger partial charge on any atom is 0.124 e. The topological polar surface area (TPSA) is 57.2 Å². The minimum atomic E-state index is -4.27. The zero-order chi connectivity index (χ0) is 25.0. The lowest BCUT2D eigenvalue weighted by atomic mass is 10.1. The first-order valence-corrected chi connectivity index (χ1v) is 15.7. The minimum absolute atomic E-state index is 0.178. The Hall–Kier alpha value is -0.430. The second-order valence-corrected chi connectivity index (χ2v) is 11.5. The third kappa shape index (κ3) is 16.8. The van der Waals surface area contributed by atoms with Gasteiger partial charge in [0.25, 0.3) is 0 Å². The molecule has 4 nitrogen and oxygen atoms in total. The van der Waals surface area contributed by atoms with Crippen LogP contribution in [0.3, 0.4) is 0 Å². The third-order valence-electron chi connectivity index (χ3n) is 6.28. The molecule has 0 N–H and O–H groups in total. The highest BCUT2D eigenvalue weighted by Gasteiger charge is 2.25. The molecule has 194 valence electrons. The molecule has 0 atom stereocenters.